The predicted molar refractivity (Wildman–Crippen MR) is 106 cm³/mol. The van der Waals surface area contributed by atoms with Gasteiger partial charge in [-0.25, -0.2) is 4.79 Å². The molecule has 1 aliphatic rings. The molecule has 0 bridgehead atoms. The Labute approximate surface area is 165 Å². The average molecular weight is 385 g/mol. The second kappa shape index (κ2) is 9.44. The number of ether oxygens (including phenoxy) is 2. The second-order valence-corrected chi connectivity index (χ2v) is 7.06. The van der Waals surface area contributed by atoms with Crippen molar-refractivity contribution < 1.29 is 18.7 Å². The van der Waals surface area contributed by atoms with Crippen LogP contribution in [0.25, 0.3) is 0 Å². The van der Waals surface area contributed by atoms with E-state index in [-0.39, 0.29) is 12.0 Å². The summed E-state index contributed by atoms with van der Waals surface area (Å²) in [6.45, 7) is 5.78. The number of amides is 1. The number of nitrogens with zero attached hydrogens (tertiary/aromatic N) is 1. The van der Waals surface area contributed by atoms with Gasteiger partial charge in [-0.3, -0.25) is 4.79 Å². The van der Waals surface area contributed by atoms with Crippen LogP contribution in [0.4, 0.5) is 0 Å². The standard InChI is InChI=1S/C22H27NO5/c1-3-4-13-26-18-7-5-17(6-8-18)22(25)23-11-9-19(10-12-23)28-20-14-16(2)27-21(24)15-20/h5-8,14-15,19H,3-4,9-13H2,1-2H3. The van der Waals surface area contributed by atoms with Crippen molar-refractivity contribution in [1.29, 1.82) is 0 Å². The summed E-state index contributed by atoms with van der Waals surface area (Å²) in [6, 6.07) is 10.4. The van der Waals surface area contributed by atoms with Crippen LogP contribution in [0, 0.1) is 6.92 Å². The third-order valence-electron chi connectivity index (χ3n) is 4.77. The van der Waals surface area contributed by atoms with Crippen molar-refractivity contribution in [3.8, 4) is 11.5 Å². The van der Waals surface area contributed by atoms with Crippen LogP contribution in [-0.4, -0.2) is 36.6 Å². The Morgan fingerprint density at radius 1 is 1.14 bits per heavy atom. The molecule has 6 nitrogen and oxygen atoms in total. The highest BCUT2D eigenvalue weighted by molar-refractivity contribution is 5.94. The van der Waals surface area contributed by atoms with Gasteiger partial charge in [-0.15, -0.1) is 0 Å². The summed E-state index contributed by atoms with van der Waals surface area (Å²) in [5.41, 5.74) is 0.253. The van der Waals surface area contributed by atoms with Crippen LogP contribution in [0.15, 0.2) is 45.6 Å². The van der Waals surface area contributed by atoms with Crippen LogP contribution in [0.3, 0.4) is 0 Å². The lowest BCUT2D eigenvalue weighted by Gasteiger charge is -2.32. The molecule has 1 aliphatic heterocycles. The van der Waals surface area contributed by atoms with E-state index in [2.05, 4.69) is 6.92 Å². The molecule has 2 heterocycles. The molecule has 2 aromatic rings. The number of carbonyl (C=O) groups excluding carboxylic acids is 1. The highest BCUT2D eigenvalue weighted by atomic mass is 16.5. The molecule has 1 saturated heterocycles. The molecule has 0 unspecified atom stereocenters. The highest BCUT2D eigenvalue weighted by Crippen LogP contribution is 2.21. The fourth-order valence-electron chi connectivity index (χ4n) is 3.22. The lowest BCUT2D eigenvalue weighted by Crippen LogP contribution is -2.41. The fraction of sp³-hybridized carbons (Fsp3) is 0.455. The van der Waals surface area contributed by atoms with Crippen LogP contribution < -0.4 is 15.1 Å². The third kappa shape index (κ3) is 5.38. The Morgan fingerprint density at radius 2 is 1.86 bits per heavy atom. The zero-order valence-corrected chi connectivity index (χ0v) is 16.5. The molecule has 0 N–H and O–H groups in total. The number of hydrogen-bond donors (Lipinski definition) is 0. The maximum atomic E-state index is 12.7. The van der Waals surface area contributed by atoms with E-state index in [0.29, 0.717) is 36.8 Å². The maximum absolute atomic E-state index is 12.7. The van der Waals surface area contributed by atoms with Crippen LogP contribution in [0.2, 0.25) is 0 Å². The summed E-state index contributed by atoms with van der Waals surface area (Å²) < 4.78 is 16.5. The van der Waals surface area contributed by atoms with Gasteiger partial charge in [-0.05, 0) is 37.6 Å². The first kappa shape index (κ1) is 20.0. The number of piperidine rings is 1. The normalized spacial score (nSPS) is 14.7. The summed E-state index contributed by atoms with van der Waals surface area (Å²) in [4.78, 5) is 26.0. The van der Waals surface area contributed by atoms with Crippen LogP contribution in [0.1, 0.15) is 48.7 Å². The maximum Gasteiger partial charge on any atom is 0.339 e. The van der Waals surface area contributed by atoms with Crippen LogP contribution >= 0.6 is 0 Å². The van der Waals surface area contributed by atoms with Gasteiger partial charge in [0, 0.05) is 37.6 Å². The smallest absolute Gasteiger partial charge is 0.339 e. The lowest BCUT2D eigenvalue weighted by atomic mass is 10.1. The Balaban J connectivity index is 1.51. The lowest BCUT2D eigenvalue weighted by molar-refractivity contribution is 0.0594. The molecule has 3 rings (SSSR count). The zero-order chi connectivity index (χ0) is 19.9. The van der Waals surface area contributed by atoms with E-state index in [4.69, 9.17) is 13.9 Å². The molecule has 1 fully saturated rings. The van der Waals surface area contributed by atoms with E-state index in [1.54, 1.807) is 13.0 Å². The molecular formula is C22H27NO5. The minimum Gasteiger partial charge on any atom is -0.494 e. The van der Waals surface area contributed by atoms with Gasteiger partial charge in [0.15, 0.2) is 0 Å². The second-order valence-electron chi connectivity index (χ2n) is 7.06. The predicted octanol–water partition coefficient (Wildman–Crippen LogP) is 3.81. The number of rotatable bonds is 7. The first-order valence-corrected chi connectivity index (χ1v) is 9.85. The van der Waals surface area contributed by atoms with Gasteiger partial charge in [0.2, 0.25) is 0 Å². The zero-order valence-electron chi connectivity index (χ0n) is 16.5. The first-order chi connectivity index (χ1) is 13.5. The van der Waals surface area contributed by atoms with Crippen molar-refractivity contribution >= 4 is 5.91 Å². The van der Waals surface area contributed by atoms with E-state index in [1.807, 2.05) is 29.2 Å². The third-order valence-corrected chi connectivity index (χ3v) is 4.77. The van der Waals surface area contributed by atoms with Gasteiger partial charge >= 0.3 is 5.63 Å². The Kier molecular flexibility index (Phi) is 6.74. The number of benzene rings is 1. The summed E-state index contributed by atoms with van der Waals surface area (Å²) in [5.74, 6) is 1.86. The number of aryl methyl sites for hydroxylation is 1. The Hall–Kier alpha value is -2.76. The molecule has 28 heavy (non-hydrogen) atoms. The highest BCUT2D eigenvalue weighted by Gasteiger charge is 2.25. The molecule has 0 saturated carbocycles. The molecular weight excluding hydrogens is 358 g/mol. The largest absolute Gasteiger partial charge is 0.494 e. The van der Waals surface area contributed by atoms with Gasteiger partial charge in [-0.2, -0.15) is 0 Å². The molecule has 0 atom stereocenters. The molecule has 150 valence electrons. The van der Waals surface area contributed by atoms with E-state index >= 15 is 0 Å². The van der Waals surface area contributed by atoms with Crippen molar-refractivity contribution in [2.45, 2.75) is 45.6 Å². The SMILES string of the molecule is CCCCOc1ccc(C(=O)N2CCC(Oc3cc(C)oc(=O)c3)CC2)cc1. The Morgan fingerprint density at radius 3 is 2.50 bits per heavy atom. The van der Waals surface area contributed by atoms with E-state index in [9.17, 15) is 9.59 Å². The minimum absolute atomic E-state index is 0.0143. The van der Waals surface area contributed by atoms with Gasteiger partial charge in [-0.1, -0.05) is 13.3 Å². The molecule has 0 spiro atoms. The molecule has 1 amide bonds. The van der Waals surface area contributed by atoms with E-state index < -0.39 is 5.63 Å². The van der Waals surface area contributed by atoms with Crippen molar-refractivity contribution in [2.75, 3.05) is 19.7 Å². The van der Waals surface area contributed by atoms with Crippen molar-refractivity contribution in [2.24, 2.45) is 0 Å². The Bertz CT molecular complexity index is 835. The quantitative estimate of drug-likeness (QED) is 0.678. The number of unbranched alkanes of at least 4 members (excludes halogenated alkanes) is 1. The van der Waals surface area contributed by atoms with Crippen LogP contribution in [-0.2, 0) is 0 Å². The summed E-state index contributed by atoms with van der Waals surface area (Å²) in [5, 5.41) is 0. The molecule has 6 heteroatoms. The number of carbonyl (C=O) groups is 1. The molecule has 0 radical (unpaired) electrons. The van der Waals surface area contributed by atoms with Gasteiger partial charge in [0.05, 0.1) is 12.7 Å². The monoisotopic (exact) mass is 385 g/mol. The summed E-state index contributed by atoms with van der Waals surface area (Å²) in [6.07, 6.45) is 3.55. The van der Waals surface area contributed by atoms with E-state index in [0.717, 1.165) is 31.4 Å². The van der Waals surface area contributed by atoms with Gasteiger partial charge in [0.1, 0.15) is 23.4 Å². The van der Waals surface area contributed by atoms with Crippen molar-refractivity contribution in [1.82, 2.24) is 4.90 Å². The fourth-order valence-corrected chi connectivity index (χ4v) is 3.22. The van der Waals surface area contributed by atoms with Gasteiger partial charge in [0.25, 0.3) is 5.91 Å². The number of likely N-dealkylation sites (tertiary alicyclic amines) is 1. The minimum atomic E-state index is -0.412. The summed E-state index contributed by atoms with van der Waals surface area (Å²) >= 11 is 0. The molecule has 1 aromatic carbocycles. The van der Waals surface area contributed by atoms with E-state index in [1.165, 1.54) is 6.07 Å². The summed E-state index contributed by atoms with van der Waals surface area (Å²) in [7, 11) is 0. The van der Waals surface area contributed by atoms with Gasteiger partial charge < -0.3 is 18.8 Å². The average Bonchev–Trinajstić information content (AvgIpc) is 2.68. The van der Waals surface area contributed by atoms with Crippen LogP contribution in [0.5, 0.6) is 11.5 Å². The molecule has 1 aromatic heterocycles. The number of hydrogen-bond acceptors (Lipinski definition) is 5. The molecule has 0 aliphatic carbocycles. The first-order valence-electron chi connectivity index (χ1n) is 9.85. The van der Waals surface area contributed by atoms with Crippen molar-refractivity contribution in [3.05, 3.63) is 58.1 Å². The van der Waals surface area contributed by atoms with Crippen molar-refractivity contribution in [3.63, 3.8) is 0 Å². The topological polar surface area (TPSA) is 69.0 Å².